The van der Waals surface area contributed by atoms with Gasteiger partial charge in [-0.2, -0.15) is 0 Å². The Morgan fingerprint density at radius 3 is 2.42 bits per heavy atom. The number of benzene rings is 1. The fraction of sp³-hybridized carbons (Fsp3) is 0.261. The molecule has 1 aromatic carbocycles. The van der Waals surface area contributed by atoms with E-state index in [-0.39, 0.29) is 34.6 Å². The summed E-state index contributed by atoms with van der Waals surface area (Å²) in [5.41, 5.74) is 2.81. The summed E-state index contributed by atoms with van der Waals surface area (Å²) < 4.78 is 15.0. The molecule has 2 amide bonds. The van der Waals surface area contributed by atoms with E-state index in [9.17, 15) is 19.1 Å². The van der Waals surface area contributed by atoms with Crippen LogP contribution in [0.4, 0.5) is 4.39 Å². The van der Waals surface area contributed by atoms with Crippen molar-refractivity contribution in [1.29, 1.82) is 0 Å². The smallest absolute Gasteiger partial charge is 0.274 e. The summed E-state index contributed by atoms with van der Waals surface area (Å²) in [7, 11) is 0. The summed E-state index contributed by atoms with van der Waals surface area (Å²) in [6.45, 7) is 2.20. The van der Waals surface area contributed by atoms with Crippen LogP contribution < -0.4 is 0 Å². The minimum atomic E-state index is -0.330. The molecule has 158 valence electrons. The number of nitrogens with zero attached hydrogens (tertiary/aromatic N) is 4. The van der Waals surface area contributed by atoms with Gasteiger partial charge in [0, 0.05) is 57.2 Å². The van der Waals surface area contributed by atoms with Gasteiger partial charge in [-0.15, -0.1) is 0 Å². The van der Waals surface area contributed by atoms with Crippen LogP contribution in [0.2, 0.25) is 0 Å². The number of aromatic hydroxyl groups is 1. The summed E-state index contributed by atoms with van der Waals surface area (Å²) in [5.74, 6) is -1.18. The summed E-state index contributed by atoms with van der Waals surface area (Å²) in [4.78, 5) is 33.7. The van der Waals surface area contributed by atoms with Gasteiger partial charge in [0.15, 0.2) is 11.4 Å². The van der Waals surface area contributed by atoms with Gasteiger partial charge in [0.05, 0.1) is 0 Å². The van der Waals surface area contributed by atoms with Gasteiger partial charge in [-0.05, 0) is 29.3 Å². The molecule has 0 saturated heterocycles. The lowest BCUT2D eigenvalue weighted by atomic mass is 10.0. The minimum absolute atomic E-state index is 0.178. The summed E-state index contributed by atoms with van der Waals surface area (Å²) in [6, 6.07) is 9.72. The average molecular weight is 420 g/mol. The normalized spacial score (nSPS) is 15.8. The number of fused-ring (bicyclic) bond motifs is 3. The molecule has 0 aliphatic carbocycles. The molecule has 0 unspecified atom stereocenters. The molecule has 31 heavy (non-hydrogen) atoms. The Kier molecular flexibility index (Phi) is 4.69. The van der Waals surface area contributed by atoms with Crippen molar-refractivity contribution >= 4 is 11.8 Å². The topological polar surface area (TPSA) is 78.7 Å². The Balaban J connectivity index is 1.42. The van der Waals surface area contributed by atoms with Crippen LogP contribution in [0, 0.1) is 5.82 Å². The quantitative estimate of drug-likeness (QED) is 0.704. The lowest BCUT2D eigenvalue weighted by molar-refractivity contribution is 0.0680. The molecule has 0 atom stereocenters. The van der Waals surface area contributed by atoms with E-state index in [1.165, 1.54) is 12.1 Å². The fourth-order valence-corrected chi connectivity index (χ4v) is 4.40. The molecule has 7 nitrogen and oxygen atoms in total. The highest BCUT2D eigenvalue weighted by Gasteiger charge is 2.39. The summed E-state index contributed by atoms with van der Waals surface area (Å²) in [5, 5.41) is 10.9. The van der Waals surface area contributed by atoms with Crippen molar-refractivity contribution in [3.8, 4) is 5.75 Å². The fourth-order valence-electron chi connectivity index (χ4n) is 4.40. The first-order valence-electron chi connectivity index (χ1n) is 10.2. The number of carbonyl (C=O) groups excluding carboxylic acids is 2. The standard InChI is InChI=1S/C23H21FN4O3/c24-17-5-3-15(4-6-17)13-26-9-7-18-19(22(26)30)21(29)20-23(31)27(10-11-28(18)20)14-16-2-1-8-25-12-16/h1-6,8,12,29H,7,9-11,13-14H2. The molecule has 4 heterocycles. The van der Waals surface area contributed by atoms with Crippen LogP contribution in [0.15, 0.2) is 48.8 Å². The van der Waals surface area contributed by atoms with Gasteiger partial charge in [0.2, 0.25) is 0 Å². The number of amides is 2. The molecule has 2 aliphatic rings. The van der Waals surface area contributed by atoms with E-state index >= 15 is 0 Å². The monoisotopic (exact) mass is 420 g/mol. The number of aromatic nitrogens is 2. The first-order valence-corrected chi connectivity index (χ1v) is 10.2. The van der Waals surface area contributed by atoms with E-state index in [1.54, 1.807) is 38.9 Å². The molecule has 5 rings (SSSR count). The van der Waals surface area contributed by atoms with Crippen LogP contribution in [-0.2, 0) is 26.1 Å². The van der Waals surface area contributed by atoms with E-state index in [4.69, 9.17) is 0 Å². The number of hydrogen-bond acceptors (Lipinski definition) is 4. The second-order valence-corrected chi connectivity index (χ2v) is 7.86. The largest absolute Gasteiger partial charge is 0.505 e. The maximum absolute atomic E-state index is 13.2. The van der Waals surface area contributed by atoms with Crippen molar-refractivity contribution in [3.63, 3.8) is 0 Å². The Bertz CT molecular complexity index is 1160. The van der Waals surface area contributed by atoms with Gasteiger partial charge in [0.25, 0.3) is 11.8 Å². The molecule has 1 N–H and O–H groups in total. The third kappa shape index (κ3) is 3.34. The van der Waals surface area contributed by atoms with Gasteiger partial charge < -0.3 is 19.5 Å². The molecule has 0 radical (unpaired) electrons. The van der Waals surface area contributed by atoms with E-state index in [2.05, 4.69) is 4.98 Å². The molecule has 8 heteroatoms. The van der Waals surface area contributed by atoms with Crippen molar-refractivity contribution in [2.75, 3.05) is 13.1 Å². The molecule has 2 aliphatic heterocycles. The molecule has 2 aromatic heterocycles. The third-order valence-corrected chi connectivity index (χ3v) is 5.93. The van der Waals surface area contributed by atoms with Gasteiger partial charge in [0.1, 0.15) is 11.4 Å². The number of hydrogen-bond donors (Lipinski definition) is 1. The zero-order valence-electron chi connectivity index (χ0n) is 16.8. The van der Waals surface area contributed by atoms with Crippen molar-refractivity contribution < 1.29 is 19.1 Å². The molecule has 0 spiro atoms. The Labute approximate surface area is 178 Å². The number of halogens is 1. The SMILES string of the molecule is O=C1c2c(O)c3n(c2CCN1Cc1ccc(F)cc1)CCN(Cc1cccnc1)C3=O. The van der Waals surface area contributed by atoms with E-state index in [1.807, 2.05) is 12.1 Å². The van der Waals surface area contributed by atoms with Crippen LogP contribution in [0.1, 0.15) is 37.7 Å². The Morgan fingerprint density at radius 1 is 0.935 bits per heavy atom. The van der Waals surface area contributed by atoms with Crippen LogP contribution in [0.25, 0.3) is 0 Å². The average Bonchev–Trinajstić information content (AvgIpc) is 3.07. The first kappa shape index (κ1) is 19.3. The van der Waals surface area contributed by atoms with Crippen LogP contribution in [-0.4, -0.2) is 49.4 Å². The molecule has 0 fully saturated rings. The van der Waals surface area contributed by atoms with Crippen molar-refractivity contribution in [2.45, 2.75) is 26.1 Å². The Morgan fingerprint density at radius 2 is 1.68 bits per heavy atom. The Hall–Kier alpha value is -3.68. The molecule has 3 aromatic rings. The highest BCUT2D eigenvalue weighted by molar-refractivity contribution is 6.05. The molecule has 0 saturated carbocycles. The van der Waals surface area contributed by atoms with Crippen LogP contribution >= 0.6 is 0 Å². The van der Waals surface area contributed by atoms with Crippen LogP contribution in [0.5, 0.6) is 5.75 Å². The second-order valence-electron chi connectivity index (χ2n) is 7.86. The maximum atomic E-state index is 13.2. The highest BCUT2D eigenvalue weighted by Crippen LogP contribution is 2.37. The number of rotatable bonds is 4. The predicted molar refractivity (Wildman–Crippen MR) is 110 cm³/mol. The lowest BCUT2D eigenvalue weighted by Gasteiger charge is -2.30. The van der Waals surface area contributed by atoms with Gasteiger partial charge in [-0.25, -0.2) is 4.39 Å². The zero-order chi connectivity index (χ0) is 21.5. The third-order valence-electron chi connectivity index (χ3n) is 5.93. The van der Waals surface area contributed by atoms with Crippen molar-refractivity contribution in [2.24, 2.45) is 0 Å². The summed E-state index contributed by atoms with van der Waals surface area (Å²) in [6.07, 6.45) is 3.93. The van der Waals surface area contributed by atoms with Crippen LogP contribution in [0.3, 0.4) is 0 Å². The van der Waals surface area contributed by atoms with Gasteiger partial charge in [-0.3, -0.25) is 14.6 Å². The predicted octanol–water partition coefficient (Wildman–Crippen LogP) is 2.58. The van der Waals surface area contributed by atoms with Crippen molar-refractivity contribution in [3.05, 3.63) is 82.7 Å². The lowest BCUT2D eigenvalue weighted by Crippen LogP contribution is -2.41. The van der Waals surface area contributed by atoms with E-state index in [0.29, 0.717) is 44.8 Å². The van der Waals surface area contributed by atoms with Gasteiger partial charge in [-0.1, -0.05) is 18.2 Å². The minimum Gasteiger partial charge on any atom is -0.505 e. The first-order chi connectivity index (χ1) is 15.0. The van der Waals surface area contributed by atoms with Gasteiger partial charge >= 0.3 is 0 Å². The highest BCUT2D eigenvalue weighted by atomic mass is 19.1. The number of carbonyl (C=O) groups is 2. The zero-order valence-corrected chi connectivity index (χ0v) is 16.8. The van der Waals surface area contributed by atoms with E-state index in [0.717, 1.165) is 11.1 Å². The van der Waals surface area contributed by atoms with Crippen molar-refractivity contribution in [1.82, 2.24) is 19.4 Å². The second kappa shape index (κ2) is 7.54. The van der Waals surface area contributed by atoms with E-state index < -0.39 is 0 Å². The summed E-state index contributed by atoms with van der Waals surface area (Å²) >= 11 is 0. The molecular weight excluding hydrogens is 399 g/mol. The maximum Gasteiger partial charge on any atom is 0.274 e. The molecule has 0 bridgehead atoms. The number of pyridine rings is 1. The molecular formula is C23H21FN4O3.